The Kier molecular flexibility index (Phi) is 3.86. The highest BCUT2D eigenvalue weighted by molar-refractivity contribution is 7.86. The van der Waals surface area contributed by atoms with Crippen LogP contribution in [0.25, 0.3) is 11.0 Å². The molecule has 3 rings (SSSR count). The molecule has 0 radical (unpaired) electrons. The van der Waals surface area contributed by atoms with Crippen LogP contribution < -0.4 is 5.32 Å². The molecule has 0 aromatic carbocycles. The van der Waals surface area contributed by atoms with Crippen molar-refractivity contribution in [3.8, 4) is 0 Å². The van der Waals surface area contributed by atoms with E-state index in [1.807, 2.05) is 10.6 Å². The van der Waals surface area contributed by atoms with Gasteiger partial charge in [-0.1, -0.05) is 0 Å². The van der Waals surface area contributed by atoms with Crippen LogP contribution in [0.15, 0.2) is 18.3 Å². The smallest absolute Gasteiger partial charge is 0.281 e. The number of hydrogen-bond acceptors (Lipinski definition) is 4. The van der Waals surface area contributed by atoms with Crippen LogP contribution in [0.4, 0.5) is 0 Å². The Morgan fingerprint density at radius 3 is 2.74 bits per heavy atom. The number of aromatic nitrogens is 2. The maximum absolute atomic E-state index is 12.4. The predicted molar refractivity (Wildman–Crippen MR) is 86.1 cm³/mol. The van der Waals surface area contributed by atoms with Crippen molar-refractivity contribution in [1.82, 2.24) is 23.5 Å². The van der Waals surface area contributed by atoms with Gasteiger partial charge in [0.2, 0.25) is 0 Å². The molecule has 8 nitrogen and oxygen atoms in total. The van der Waals surface area contributed by atoms with E-state index in [-0.39, 0.29) is 12.5 Å². The summed E-state index contributed by atoms with van der Waals surface area (Å²) in [6.07, 6.45) is 1.67. The molecule has 0 spiro atoms. The first kappa shape index (κ1) is 15.9. The minimum Gasteiger partial charge on any atom is -0.355 e. The lowest BCUT2D eigenvalue weighted by molar-refractivity contribution is 0.0962. The number of fused-ring (bicyclic) bond motifs is 3. The van der Waals surface area contributed by atoms with Gasteiger partial charge in [-0.25, -0.2) is 4.98 Å². The number of hydrogen-bond donors (Lipinski definition) is 1. The molecule has 0 fully saturated rings. The average Bonchev–Trinajstić information content (AvgIpc) is 2.87. The Balaban J connectivity index is 2.17. The second-order valence-corrected chi connectivity index (χ2v) is 7.69. The van der Waals surface area contributed by atoms with E-state index < -0.39 is 10.2 Å². The van der Waals surface area contributed by atoms with Crippen molar-refractivity contribution in [2.45, 2.75) is 13.1 Å². The maximum atomic E-state index is 12.4. The zero-order valence-corrected chi connectivity index (χ0v) is 14.1. The summed E-state index contributed by atoms with van der Waals surface area (Å²) in [5, 5.41) is 3.37. The third kappa shape index (κ3) is 2.41. The summed E-state index contributed by atoms with van der Waals surface area (Å²) in [6.45, 7) is 0.966. The normalized spacial score (nSPS) is 15.8. The fourth-order valence-corrected chi connectivity index (χ4v) is 3.95. The summed E-state index contributed by atoms with van der Waals surface area (Å²) in [7, 11) is 1.03. The van der Waals surface area contributed by atoms with Gasteiger partial charge in [0.1, 0.15) is 5.65 Å². The lowest BCUT2D eigenvalue weighted by atomic mass is 10.1. The number of carbonyl (C=O) groups is 1. The molecule has 0 unspecified atom stereocenters. The SMILES string of the molecule is CNC(=O)c1c2n(c3ncccc13)CCN(S(=O)(=O)N(C)C)C2. The van der Waals surface area contributed by atoms with Gasteiger partial charge in [0.15, 0.2) is 0 Å². The highest BCUT2D eigenvalue weighted by Crippen LogP contribution is 2.29. The van der Waals surface area contributed by atoms with Gasteiger partial charge in [-0.3, -0.25) is 4.79 Å². The van der Waals surface area contributed by atoms with Crippen molar-refractivity contribution in [2.75, 3.05) is 27.7 Å². The Morgan fingerprint density at radius 2 is 2.09 bits per heavy atom. The fourth-order valence-electron chi connectivity index (χ4n) is 2.89. The molecule has 2 aromatic rings. The zero-order chi connectivity index (χ0) is 16.8. The lowest BCUT2D eigenvalue weighted by Gasteiger charge is -2.30. The highest BCUT2D eigenvalue weighted by atomic mass is 32.2. The third-order valence-electron chi connectivity index (χ3n) is 4.07. The molecule has 3 heterocycles. The van der Waals surface area contributed by atoms with Crippen LogP contribution in [-0.2, 0) is 23.3 Å². The quantitative estimate of drug-likeness (QED) is 0.855. The van der Waals surface area contributed by atoms with E-state index in [1.54, 1.807) is 19.3 Å². The van der Waals surface area contributed by atoms with E-state index in [4.69, 9.17) is 0 Å². The summed E-state index contributed by atoms with van der Waals surface area (Å²) in [4.78, 5) is 16.7. The minimum atomic E-state index is -3.53. The third-order valence-corrected chi connectivity index (χ3v) is 5.95. The summed E-state index contributed by atoms with van der Waals surface area (Å²) < 4.78 is 29.3. The Bertz CT molecular complexity index is 872. The molecule has 124 valence electrons. The lowest BCUT2D eigenvalue weighted by Crippen LogP contribution is -2.44. The Labute approximate surface area is 134 Å². The van der Waals surface area contributed by atoms with Crippen molar-refractivity contribution in [1.29, 1.82) is 0 Å². The van der Waals surface area contributed by atoms with Crippen molar-refractivity contribution in [3.63, 3.8) is 0 Å². The molecule has 1 aliphatic rings. The second kappa shape index (κ2) is 5.59. The molecular formula is C14H19N5O3S. The monoisotopic (exact) mass is 337 g/mol. The van der Waals surface area contributed by atoms with Crippen molar-refractivity contribution in [3.05, 3.63) is 29.6 Å². The largest absolute Gasteiger partial charge is 0.355 e. The van der Waals surface area contributed by atoms with Crippen LogP contribution >= 0.6 is 0 Å². The van der Waals surface area contributed by atoms with Gasteiger partial charge in [0.05, 0.1) is 12.1 Å². The number of nitrogens with zero attached hydrogens (tertiary/aromatic N) is 4. The number of rotatable bonds is 3. The maximum Gasteiger partial charge on any atom is 0.281 e. The van der Waals surface area contributed by atoms with Gasteiger partial charge in [0, 0.05) is 51.5 Å². The molecule has 0 atom stereocenters. The molecule has 1 N–H and O–H groups in total. The van der Waals surface area contributed by atoms with Gasteiger partial charge in [0.25, 0.3) is 16.1 Å². The topological polar surface area (TPSA) is 87.5 Å². The number of nitrogens with one attached hydrogen (secondary N) is 1. The first-order chi connectivity index (χ1) is 10.9. The molecule has 1 aliphatic heterocycles. The zero-order valence-electron chi connectivity index (χ0n) is 13.3. The molecular weight excluding hydrogens is 318 g/mol. The van der Waals surface area contributed by atoms with Crippen molar-refractivity contribution in [2.24, 2.45) is 0 Å². The van der Waals surface area contributed by atoms with Crippen LogP contribution in [0.1, 0.15) is 16.1 Å². The van der Waals surface area contributed by atoms with Crippen LogP contribution in [0.3, 0.4) is 0 Å². The van der Waals surface area contributed by atoms with Gasteiger partial charge in [-0.15, -0.1) is 0 Å². The van der Waals surface area contributed by atoms with Crippen molar-refractivity contribution < 1.29 is 13.2 Å². The summed E-state index contributed by atoms with van der Waals surface area (Å²) in [5.74, 6) is -0.235. The van der Waals surface area contributed by atoms with E-state index >= 15 is 0 Å². The second-order valence-electron chi connectivity index (χ2n) is 5.55. The molecule has 0 bridgehead atoms. The Morgan fingerprint density at radius 1 is 1.35 bits per heavy atom. The Hall–Kier alpha value is -1.97. The number of carbonyl (C=O) groups excluding carboxylic acids is 1. The fraction of sp³-hybridized carbons (Fsp3) is 0.429. The molecule has 9 heteroatoms. The van der Waals surface area contributed by atoms with E-state index in [9.17, 15) is 13.2 Å². The molecule has 0 saturated heterocycles. The molecule has 0 saturated carbocycles. The first-order valence-electron chi connectivity index (χ1n) is 7.23. The van der Waals surface area contributed by atoms with Gasteiger partial charge in [-0.2, -0.15) is 17.0 Å². The van der Waals surface area contributed by atoms with Crippen LogP contribution in [-0.4, -0.2) is 60.2 Å². The number of pyridine rings is 1. The van der Waals surface area contributed by atoms with Gasteiger partial charge in [-0.05, 0) is 12.1 Å². The highest BCUT2D eigenvalue weighted by Gasteiger charge is 2.33. The predicted octanol–water partition coefficient (Wildman–Crippen LogP) is 0.0179. The van der Waals surface area contributed by atoms with E-state index in [0.29, 0.717) is 30.0 Å². The van der Waals surface area contributed by atoms with Gasteiger partial charge >= 0.3 is 0 Å². The van der Waals surface area contributed by atoms with E-state index in [0.717, 1.165) is 5.39 Å². The average molecular weight is 337 g/mol. The standard InChI is InChI=1S/C14H19N5O3S/c1-15-14(20)12-10-5-4-6-16-13(10)19-8-7-18(9-11(12)19)23(21,22)17(2)3/h4-6H,7-9H2,1-3H3,(H,15,20). The van der Waals surface area contributed by atoms with Crippen LogP contribution in [0.2, 0.25) is 0 Å². The molecule has 2 aromatic heterocycles. The van der Waals surface area contributed by atoms with Crippen LogP contribution in [0.5, 0.6) is 0 Å². The minimum absolute atomic E-state index is 0.152. The van der Waals surface area contributed by atoms with Crippen molar-refractivity contribution >= 4 is 27.1 Å². The van der Waals surface area contributed by atoms with E-state index in [2.05, 4.69) is 10.3 Å². The van der Waals surface area contributed by atoms with Crippen LogP contribution in [0, 0.1) is 0 Å². The summed E-state index contributed by atoms with van der Waals surface area (Å²) in [6, 6.07) is 3.61. The molecule has 1 amide bonds. The summed E-state index contributed by atoms with van der Waals surface area (Å²) in [5.41, 5.74) is 1.88. The molecule has 0 aliphatic carbocycles. The first-order valence-corrected chi connectivity index (χ1v) is 8.63. The van der Waals surface area contributed by atoms with E-state index in [1.165, 1.54) is 22.7 Å². The van der Waals surface area contributed by atoms with Gasteiger partial charge < -0.3 is 9.88 Å². The summed E-state index contributed by atoms with van der Waals surface area (Å²) >= 11 is 0. The number of amides is 1. The molecule has 23 heavy (non-hydrogen) atoms.